The molecule has 0 aliphatic rings. The molecule has 0 bridgehead atoms. The molecule has 118 valence electrons. The SMILES string of the molecule is O=Cc1ccc(Sc2ccccc2)cc1NC(=O)c1ccccc1. The molecule has 0 atom stereocenters. The fourth-order valence-electron chi connectivity index (χ4n) is 2.22. The Morgan fingerprint density at radius 3 is 2.17 bits per heavy atom. The van der Waals surface area contributed by atoms with Crippen LogP contribution in [0.1, 0.15) is 20.7 Å². The Balaban J connectivity index is 1.84. The van der Waals surface area contributed by atoms with E-state index in [4.69, 9.17) is 0 Å². The second-order valence-electron chi connectivity index (χ2n) is 5.10. The van der Waals surface area contributed by atoms with Crippen LogP contribution in [-0.4, -0.2) is 12.2 Å². The highest BCUT2D eigenvalue weighted by Crippen LogP contribution is 2.30. The first-order valence-corrected chi connectivity index (χ1v) is 8.26. The monoisotopic (exact) mass is 333 g/mol. The summed E-state index contributed by atoms with van der Waals surface area (Å²) in [7, 11) is 0. The standard InChI is InChI=1S/C20H15NO2S/c22-14-16-11-12-18(24-17-9-5-2-6-10-17)13-19(16)21-20(23)15-7-3-1-4-8-15/h1-14H,(H,21,23). The Kier molecular flexibility index (Phi) is 5.08. The maximum absolute atomic E-state index is 12.3. The topological polar surface area (TPSA) is 46.2 Å². The zero-order valence-corrected chi connectivity index (χ0v) is 13.6. The summed E-state index contributed by atoms with van der Waals surface area (Å²) in [4.78, 5) is 25.6. The van der Waals surface area contributed by atoms with E-state index >= 15 is 0 Å². The molecule has 0 saturated heterocycles. The van der Waals surface area contributed by atoms with Crippen LogP contribution in [0.4, 0.5) is 5.69 Å². The van der Waals surface area contributed by atoms with E-state index in [-0.39, 0.29) is 5.91 Å². The van der Waals surface area contributed by atoms with Crippen molar-refractivity contribution in [3.63, 3.8) is 0 Å². The van der Waals surface area contributed by atoms with Gasteiger partial charge >= 0.3 is 0 Å². The van der Waals surface area contributed by atoms with Crippen LogP contribution in [-0.2, 0) is 0 Å². The van der Waals surface area contributed by atoms with Crippen LogP contribution in [0.2, 0.25) is 0 Å². The minimum absolute atomic E-state index is 0.236. The maximum atomic E-state index is 12.3. The van der Waals surface area contributed by atoms with Crippen molar-refractivity contribution in [3.05, 3.63) is 90.0 Å². The molecule has 24 heavy (non-hydrogen) atoms. The molecule has 0 radical (unpaired) electrons. The van der Waals surface area contributed by atoms with Crippen LogP contribution in [0.25, 0.3) is 0 Å². The first-order chi connectivity index (χ1) is 11.8. The van der Waals surface area contributed by atoms with Gasteiger partial charge in [-0.05, 0) is 42.5 Å². The molecular formula is C20H15NO2S. The minimum atomic E-state index is -0.236. The van der Waals surface area contributed by atoms with E-state index in [1.807, 2.05) is 48.5 Å². The van der Waals surface area contributed by atoms with Gasteiger partial charge in [0.1, 0.15) is 0 Å². The van der Waals surface area contributed by atoms with Gasteiger partial charge in [0, 0.05) is 20.9 Å². The largest absolute Gasteiger partial charge is 0.321 e. The highest BCUT2D eigenvalue weighted by Gasteiger charge is 2.10. The first-order valence-electron chi connectivity index (χ1n) is 7.45. The van der Waals surface area contributed by atoms with Crippen LogP contribution in [0, 0.1) is 0 Å². The summed E-state index contributed by atoms with van der Waals surface area (Å²) >= 11 is 1.58. The molecule has 0 fully saturated rings. The first kappa shape index (κ1) is 16.0. The van der Waals surface area contributed by atoms with Crippen LogP contribution >= 0.6 is 11.8 Å². The van der Waals surface area contributed by atoms with E-state index in [0.29, 0.717) is 16.8 Å². The Hall–Kier alpha value is -2.85. The van der Waals surface area contributed by atoms with Gasteiger partial charge in [-0.2, -0.15) is 0 Å². The normalized spacial score (nSPS) is 10.2. The van der Waals surface area contributed by atoms with Crippen molar-refractivity contribution in [1.82, 2.24) is 0 Å². The van der Waals surface area contributed by atoms with Crippen LogP contribution in [0.15, 0.2) is 88.7 Å². The number of amides is 1. The van der Waals surface area contributed by atoms with E-state index in [0.717, 1.165) is 16.1 Å². The smallest absolute Gasteiger partial charge is 0.255 e. The Morgan fingerprint density at radius 2 is 1.50 bits per heavy atom. The van der Waals surface area contributed by atoms with E-state index in [1.165, 1.54) is 0 Å². The fraction of sp³-hybridized carbons (Fsp3) is 0. The Morgan fingerprint density at radius 1 is 0.833 bits per heavy atom. The van der Waals surface area contributed by atoms with Gasteiger partial charge in [-0.3, -0.25) is 9.59 Å². The average Bonchev–Trinajstić information content (AvgIpc) is 2.63. The van der Waals surface area contributed by atoms with Gasteiger partial charge in [-0.1, -0.05) is 48.2 Å². The number of anilines is 1. The number of hydrogen-bond donors (Lipinski definition) is 1. The number of nitrogens with one attached hydrogen (secondary N) is 1. The zero-order chi connectivity index (χ0) is 16.8. The number of hydrogen-bond acceptors (Lipinski definition) is 3. The van der Waals surface area contributed by atoms with Gasteiger partial charge < -0.3 is 5.32 Å². The van der Waals surface area contributed by atoms with Gasteiger partial charge in [0.05, 0.1) is 5.69 Å². The predicted molar refractivity (Wildman–Crippen MR) is 96.8 cm³/mol. The van der Waals surface area contributed by atoms with Gasteiger partial charge in [-0.15, -0.1) is 0 Å². The molecule has 3 rings (SSSR count). The van der Waals surface area contributed by atoms with E-state index in [2.05, 4.69) is 5.32 Å². The van der Waals surface area contributed by atoms with Crippen molar-refractivity contribution in [1.29, 1.82) is 0 Å². The molecule has 0 saturated carbocycles. The average molecular weight is 333 g/mol. The van der Waals surface area contributed by atoms with E-state index < -0.39 is 0 Å². The van der Waals surface area contributed by atoms with Crippen molar-refractivity contribution >= 4 is 29.6 Å². The van der Waals surface area contributed by atoms with Crippen LogP contribution in [0.3, 0.4) is 0 Å². The van der Waals surface area contributed by atoms with E-state index in [9.17, 15) is 9.59 Å². The van der Waals surface area contributed by atoms with Gasteiger partial charge in [-0.25, -0.2) is 0 Å². The Bertz CT molecular complexity index is 848. The molecule has 1 amide bonds. The minimum Gasteiger partial charge on any atom is -0.321 e. The number of rotatable bonds is 5. The van der Waals surface area contributed by atoms with Gasteiger partial charge in [0.15, 0.2) is 6.29 Å². The summed E-state index contributed by atoms with van der Waals surface area (Å²) in [5.74, 6) is -0.236. The lowest BCUT2D eigenvalue weighted by Crippen LogP contribution is -2.13. The van der Waals surface area contributed by atoms with Gasteiger partial charge in [0.2, 0.25) is 0 Å². The molecular weight excluding hydrogens is 318 g/mol. The fourth-order valence-corrected chi connectivity index (χ4v) is 3.10. The number of benzene rings is 3. The molecule has 0 aliphatic heterocycles. The molecule has 3 aromatic rings. The zero-order valence-electron chi connectivity index (χ0n) is 12.8. The van der Waals surface area contributed by atoms with Crippen molar-refractivity contribution in [3.8, 4) is 0 Å². The number of aldehydes is 1. The number of carbonyl (C=O) groups excluding carboxylic acids is 2. The summed E-state index contributed by atoms with van der Waals surface area (Å²) in [6.45, 7) is 0. The summed E-state index contributed by atoms with van der Waals surface area (Å²) in [6, 6.07) is 24.3. The van der Waals surface area contributed by atoms with Crippen molar-refractivity contribution < 1.29 is 9.59 Å². The molecule has 0 aliphatic carbocycles. The number of carbonyl (C=O) groups is 2. The molecule has 0 aromatic heterocycles. The summed E-state index contributed by atoms with van der Waals surface area (Å²) in [5.41, 5.74) is 1.52. The van der Waals surface area contributed by atoms with Gasteiger partial charge in [0.25, 0.3) is 5.91 Å². The summed E-state index contributed by atoms with van der Waals surface area (Å²) in [6.07, 6.45) is 0.748. The Labute approximate surface area is 144 Å². The molecule has 3 nitrogen and oxygen atoms in total. The van der Waals surface area contributed by atoms with Crippen molar-refractivity contribution in [2.45, 2.75) is 9.79 Å². The summed E-state index contributed by atoms with van der Waals surface area (Å²) < 4.78 is 0. The molecule has 0 spiro atoms. The predicted octanol–water partition coefficient (Wildman–Crippen LogP) is 4.90. The molecule has 0 heterocycles. The third kappa shape index (κ3) is 3.91. The maximum Gasteiger partial charge on any atom is 0.255 e. The molecule has 0 unspecified atom stereocenters. The van der Waals surface area contributed by atoms with Crippen molar-refractivity contribution in [2.75, 3.05) is 5.32 Å². The second kappa shape index (κ2) is 7.62. The molecule has 4 heteroatoms. The lowest BCUT2D eigenvalue weighted by atomic mass is 10.1. The lowest BCUT2D eigenvalue weighted by Gasteiger charge is -2.10. The molecule has 1 N–H and O–H groups in total. The van der Waals surface area contributed by atoms with Crippen molar-refractivity contribution in [2.24, 2.45) is 0 Å². The second-order valence-corrected chi connectivity index (χ2v) is 6.25. The van der Waals surface area contributed by atoms with Crippen LogP contribution in [0.5, 0.6) is 0 Å². The highest BCUT2D eigenvalue weighted by molar-refractivity contribution is 7.99. The molecule has 3 aromatic carbocycles. The quantitative estimate of drug-likeness (QED) is 0.675. The highest BCUT2D eigenvalue weighted by atomic mass is 32.2. The third-order valence-electron chi connectivity index (χ3n) is 3.41. The lowest BCUT2D eigenvalue weighted by molar-refractivity contribution is 0.102. The third-order valence-corrected chi connectivity index (χ3v) is 4.41. The van der Waals surface area contributed by atoms with Crippen LogP contribution < -0.4 is 5.32 Å². The van der Waals surface area contributed by atoms with E-state index in [1.54, 1.807) is 42.1 Å². The summed E-state index contributed by atoms with van der Waals surface area (Å²) in [5, 5.41) is 2.82.